The van der Waals surface area contributed by atoms with Crippen molar-refractivity contribution in [2.24, 2.45) is 0 Å². The van der Waals surface area contributed by atoms with Gasteiger partial charge in [0.25, 0.3) is 5.56 Å². The second-order valence-electron chi connectivity index (χ2n) is 5.05. The van der Waals surface area contributed by atoms with Gasteiger partial charge in [0.1, 0.15) is 6.67 Å². The molecule has 0 saturated carbocycles. The summed E-state index contributed by atoms with van der Waals surface area (Å²) in [6.07, 6.45) is -2.72. The highest BCUT2D eigenvalue weighted by Gasteiger charge is 2.59. The number of halogens is 2. The van der Waals surface area contributed by atoms with Gasteiger partial charge in [-0.25, -0.2) is 9.18 Å². The summed E-state index contributed by atoms with van der Waals surface area (Å²) in [6.45, 7) is 1.15. The maximum Gasteiger partial charge on any atom is 0.330 e. The van der Waals surface area contributed by atoms with Crippen LogP contribution >= 0.6 is 22.6 Å². The van der Waals surface area contributed by atoms with E-state index in [9.17, 15) is 23.6 Å². The van der Waals surface area contributed by atoms with Gasteiger partial charge >= 0.3 is 17.6 Å². The van der Waals surface area contributed by atoms with Crippen molar-refractivity contribution in [3.05, 3.63) is 33.1 Å². The zero-order chi connectivity index (χ0) is 18.1. The lowest BCUT2D eigenvalue weighted by molar-refractivity contribution is -0.165. The van der Waals surface area contributed by atoms with Gasteiger partial charge in [-0.3, -0.25) is 23.9 Å². The van der Waals surface area contributed by atoms with E-state index in [1.54, 1.807) is 22.6 Å². The molecule has 1 aliphatic rings. The Balaban J connectivity index is 2.52. The first kappa shape index (κ1) is 18.6. The second kappa shape index (κ2) is 7.01. The number of hydrogen-bond acceptors (Lipinski definition) is 7. The molecule has 4 atom stereocenters. The van der Waals surface area contributed by atoms with Gasteiger partial charge in [0.05, 0.1) is 0 Å². The Morgan fingerprint density at radius 3 is 2.50 bits per heavy atom. The van der Waals surface area contributed by atoms with Crippen LogP contribution in [0.1, 0.15) is 20.1 Å². The summed E-state index contributed by atoms with van der Waals surface area (Å²) >= 11 is 1.59. The molecular weight excluding hydrogens is 442 g/mol. The average Bonchev–Trinajstić information content (AvgIpc) is 2.72. The third kappa shape index (κ3) is 3.66. The number of hydrogen-bond donors (Lipinski definition) is 1. The molecular formula is C13H14FIN2O7. The summed E-state index contributed by atoms with van der Waals surface area (Å²) in [5, 5.41) is 0. The first-order valence-electron chi connectivity index (χ1n) is 6.76. The van der Waals surface area contributed by atoms with E-state index in [-0.39, 0.29) is 0 Å². The molecule has 11 heteroatoms. The molecule has 2 heterocycles. The highest BCUT2D eigenvalue weighted by Crippen LogP contribution is 2.44. The Hall–Kier alpha value is -1.76. The lowest BCUT2D eigenvalue weighted by atomic mass is 10.1. The summed E-state index contributed by atoms with van der Waals surface area (Å²) in [6, 6.07) is 1.05. The number of nitrogens with one attached hydrogen (secondary N) is 1. The minimum Gasteiger partial charge on any atom is -0.454 e. The molecule has 1 aromatic rings. The molecule has 1 N–H and O–H groups in total. The largest absolute Gasteiger partial charge is 0.454 e. The van der Waals surface area contributed by atoms with Gasteiger partial charge in [0.15, 0.2) is 22.0 Å². The Kier molecular flexibility index (Phi) is 5.42. The number of H-pyrrole nitrogens is 1. The fraction of sp³-hybridized carbons (Fsp3) is 0.538. The van der Waals surface area contributed by atoms with Crippen molar-refractivity contribution in [3.8, 4) is 0 Å². The summed E-state index contributed by atoms with van der Waals surface area (Å²) in [5.74, 6) is -1.47. The molecule has 0 bridgehead atoms. The standard InChI is InChI=1S/C13H14FIN2O7/c1-6(18)22-9-10(23-7(2)19)13(15,5-14)24-11(9)17-4-3-8(20)16-12(17)21/h3-4,9-11H,5H2,1-2H3,(H,16,20,21)/t9-,10+,11-,13-/m1/s1. The van der Waals surface area contributed by atoms with E-state index in [2.05, 4.69) is 0 Å². The number of carbonyl (C=O) groups excluding carboxylic acids is 2. The van der Waals surface area contributed by atoms with Crippen molar-refractivity contribution in [1.29, 1.82) is 0 Å². The molecule has 1 saturated heterocycles. The molecule has 2 rings (SSSR count). The fourth-order valence-corrected chi connectivity index (χ4v) is 3.07. The van der Waals surface area contributed by atoms with Crippen LogP contribution in [0.3, 0.4) is 0 Å². The molecule has 0 unspecified atom stereocenters. The van der Waals surface area contributed by atoms with Crippen molar-refractivity contribution >= 4 is 34.5 Å². The van der Waals surface area contributed by atoms with Crippen molar-refractivity contribution in [3.63, 3.8) is 0 Å². The zero-order valence-corrected chi connectivity index (χ0v) is 14.8. The molecule has 1 aromatic heterocycles. The molecule has 0 aliphatic carbocycles. The summed E-state index contributed by atoms with van der Waals surface area (Å²) in [4.78, 5) is 47.9. The van der Waals surface area contributed by atoms with Crippen LogP contribution < -0.4 is 11.2 Å². The number of rotatable bonds is 4. The number of ether oxygens (including phenoxy) is 3. The van der Waals surface area contributed by atoms with Crippen LogP contribution in [0.25, 0.3) is 0 Å². The second-order valence-corrected chi connectivity index (χ2v) is 6.88. The molecule has 0 aromatic carbocycles. The third-order valence-electron chi connectivity index (χ3n) is 3.22. The SMILES string of the molecule is CC(=O)O[C@H]1[C@H](n2ccc(=O)[nH]c2=O)O[C@](I)(CF)[C@H]1OC(C)=O. The van der Waals surface area contributed by atoms with Crippen LogP contribution in [0.15, 0.2) is 21.9 Å². The molecule has 0 amide bonds. The Morgan fingerprint density at radius 2 is 2.00 bits per heavy atom. The first-order chi connectivity index (χ1) is 11.2. The zero-order valence-electron chi connectivity index (χ0n) is 12.7. The van der Waals surface area contributed by atoms with E-state index in [1.165, 1.54) is 0 Å². The van der Waals surface area contributed by atoms with E-state index in [1.807, 2.05) is 4.98 Å². The van der Waals surface area contributed by atoms with E-state index < -0.39 is 51.9 Å². The molecule has 9 nitrogen and oxygen atoms in total. The maximum absolute atomic E-state index is 13.5. The summed E-state index contributed by atoms with van der Waals surface area (Å²) < 4.78 is 28.5. The number of nitrogens with zero attached hydrogens (tertiary/aromatic N) is 1. The lowest BCUT2D eigenvalue weighted by Crippen LogP contribution is -2.45. The summed E-state index contributed by atoms with van der Waals surface area (Å²) in [7, 11) is 0. The number of esters is 2. The molecule has 24 heavy (non-hydrogen) atoms. The van der Waals surface area contributed by atoms with Crippen LogP contribution in [0.2, 0.25) is 0 Å². The van der Waals surface area contributed by atoms with Crippen molar-refractivity contribution in [1.82, 2.24) is 9.55 Å². The number of aromatic nitrogens is 2. The average molecular weight is 456 g/mol. The Labute approximate surface area is 148 Å². The first-order valence-corrected chi connectivity index (χ1v) is 7.84. The van der Waals surface area contributed by atoms with E-state index in [4.69, 9.17) is 14.2 Å². The smallest absolute Gasteiger partial charge is 0.330 e. The number of alkyl halides is 2. The molecule has 1 aliphatic heterocycles. The minimum atomic E-state index is -1.66. The van der Waals surface area contributed by atoms with Gasteiger partial charge in [0, 0.05) is 26.1 Å². The van der Waals surface area contributed by atoms with Gasteiger partial charge < -0.3 is 14.2 Å². The monoisotopic (exact) mass is 456 g/mol. The maximum atomic E-state index is 13.5. The summed E-state index contributed by atoms with van der Waals surface area (Å²) in [5.41, 5.74) is -1.48. The predicted molar refractivity (Wildman–Crippen MR) is 85.3 cm³/mol. The highest BCUT2D eigenvalue weighted by atomic mass is 127. The van der Waals surface area contributed by atoms with Crippen LogP contribution in [-0.2, 0) is 23.8 Å². The Bertz CT molecular complexity index is 763. The number of aromatic amines is 1. The topological polar surface area (TPSA) is 117 Å². The quantitative estimate of drug-likeness (QED) is 0.386. The van der Waals surface area contributed by atoms with Crippen molar-refractivity contribution in [2.45, 2.75) is 35.9 Å². The van der Waals surface area contributed by atoms with Crippen LogP contribution in [0, 0.1) is 0 Å². The molecule has 132 valence electrons. The van der Waals surface area contributed by atoms with Crippen LogP contribution in [-0.4, -0.2) is 44.0 Å². The lowest BCUT2D eigenvalue weighted by Gasteiger charge is -2.26. The van der Waals surface area contributed by atoms with Crippen LogP contribution in [0.5, 0.6) is 0 Å². The molecule has 0 radical (unpaired) electrons. The molecule has 0 spiro atoms. The van der Waals surface area contributed by atoms with Crippen molar-refractivity contribution < 1.29 is 28.2 Å². The minimum absolute atomic E-state index is 0.638. The number of carbonyl (C=O) groups is 2. The predicted octanol–water partition coefficient (Wildman–Crippen LogP) is 0.0296. The van der Waals surface area contributed by atoms with E-state index in [0.717, 1.165) is 30.7 Å². The normalized spacial score (nSPS) is 29.2. The van der Waals surface area contributed by atoms with E-state index in [0.29, 0.717) is 0 Å². The van der Waals surface area contributed by atoms with Gasteiger partial charge in [-0.1, -0.05) is 0 Å². The highest BCUT2D eigenvalue weighted by molar-refractivity contribution is 14.1. The van der Waals surface area contributed by atoms with Gasteiger partial charge in [-0.05, 0) is 22.6 Å². The fourth-order valence-electron chi connectivity index (χ4n) is 2.33. The van der Waals surface area contributed by atoms with Gasteiger partial charge in [-0.2, -0.15) is 0 Å². The Morgan fingerprint density at radius 1 is 1.38 bits per heavy atom. The van der Waals surface area contributed by atoms with Crippen LogP contribution in [0.4, 0.5) is 4.39 Å². The van der Waals surface area contributed by atoms with Gasteiger partial charge in [0.2, 0.25) is 0 Å². The van der Waals surface area contributed by atoms with Gasteiger partial charge in [-0.15, -0.1) is 0 Å². The molecule has 1 fully saturated rings. The van der Waals surface area contributed by atoms with Crippen molar-refractivity contribution in [2.75, 3.05) is 6.67 Å². The van der Waals surface area contributed by atoms with E-state index >= 15 is 0 Å². The third-order valence-corrected chi connectivity index (χ3v) is 4.38.